The third kappa shape index (κ3) is 3.32. The van der Waals surface area contributed by atoms with Crippen molar-refractivity contribution in [3.63, 3.8) is 0 Å². The van der Waals surface area contributed by atoms with Crippen molar-refractivity contribution in [2.45, 2.75) is 19.8 Å². The van der Waals surface area contributed by atoms with Crippen molar-refractivity contribution in [3.05, 3.63) is 42.0 Å². The predicted molar refractivity (Wildman–Crippen MR) is 56.1 cm³/mol. The molecule has 1 aromatic rings. The fourth-order valence-electron chi connectivity index (χ4n) is 1.19. The SMILES string of the molecule is C=C(C)CCc1cccc(OC)c1. The van der Waals surface area contributed by atoms with Gasteiger partial charge in [0.1, 0.15) is 5.75 Å². The molecule has 0 saturated carbocycles. The first kappa shape index (κ1) is 9.85. The Kier molecular flexibility index (Phi) is 3.56. The Bertz CT molecular complexity index is 289. The summed E-state index contributed by atoms with van der Waals surface area (Å²) in [4.78, 5) is 0. The lowest BCUT2D eigenvalue weighted by atomic mass is 10.1. The highest BCUT2D eigenvalue weighted by Crippen LogP contribution is 2.14. The van der Waals surface area contributed by atoms with Crippen LogP contribution >= 0.6 is 0 Å². The highest BCUT2D eigenvalue weighted by atomic mass is 16.5. The van der Waals surface area contributed by atoms with Crippen molar-refractivity contribution in [1.82, 2.24) is 0 Å². The Hall–Kier alpha value is -1.24. The van der Waals surface area contributed by atoms with Crippen LogP contribution in [-0.4, -0.2) is 7.11 Å². The topological polar surface area (TPSA) is 9.23 Å². The monoisotopic (exact) mass is 176 g/mol. The lowest BCUT2D eigenvalue weighted by Gasteiger charge is -2.03. The van der Waals surface area contributed by atoms with Crippen LogP contribution in [0.1, 0.15) is 18.9 Å². The van der Waals surface area contributed by atoms with E-state index in [4.69, 9.17) is 4.74 Å². The summed E-state index contributed by atoms with van der Waals surface area (Å²) in [5, 5.41) is 0. The molecule has 0 heterocycles. The van der Waals surface area contributed by atoms with E-state index in [1.165, 1.54) is 11.1 Å². The Balaban J connectivity index is 2.61. The van der Waals surface area contributed by atoms with E-state index in [2.05, 4.69) is 25.6 Å². The summed E-state index contributed by atoms with van der Waals surface area (Å²) in [6, 6.07) is 8.17. The zero-order valence-corrected chi connectivity index (χ0v) is 8.34. The quantitative estimate of drug-likeness (QED) is 0.640. The van der Waals surface area contributed by atoms with Crippen molar-refractivity contribution in [2.75, 3.05) is 7.11 Å². The third-order valence-electron chi connectivity index (χ3n) is 1.97. The molecule has 0 fully saturated rings. The van der Waals surface area contributed by atoms with Crippen LogP contribution < -0.4 is 4.74 Å². The molecule has 0 amide bonds. The van der Waals surface area contributed by atoms with Gasteiger partial charge in [0.15, 0.2) is 0 Å². The minimum absolute atomic E-state index is 0.930. The molecule has 0 aliphatic rings. The Morgan fingerprint density at radius 1 is 1.46 bits per heavy atom. The van der Waals surface area contributed by atoms with Crippen LogP contribution in [0.4, 0.5) is 0 Å². The van der Waals surface area contributed by atoms with Gasteiger partial charge >= 0.3 is 0 Å². The third-order valence-corrected chi connectivity index (χ3v) is 1.97. The Morgan fingerprint density at radius 2 is 2.23 bits per heavy atom. The molecule has 1 heteroatoms. The minimum atomic E-state index is 0.930. The average molecular weight is 176 g/mol. The number of methoxy groups -OCH3 is 1. The maximum Gasteiger partial charge on any atom is 0.119 e. The molecule has 70 valence electrons. The van der Waals surface area contributed by atoms with E-state index in [9.17, 15) is 0 Å². The van der Waals surface area contributed by atoms with E-state index in [-0.39, 0.29) is 0 Å². The molecule has 0 aromatic heterocycles. The number of ether oxygens (including phenoxy) is 1. The first-order valence-electron chi connectivity index (χ1n) is 4.49. The highest BCUT2D eigenvalue weighted by molar-refractivity contribution is 5.28. The number of aryl methyl sites for hydroxylation is 1. The molecule has 0 aliphatic heterocycles. The fourth-order valence-corrected chi connectivity index (χ4v) is 1.19. The molecule has 13 heavy (non-hydrogen) atoms. The molecule has 0 aliphatic carbocycles. The van der Waals surface area contributed by atoms with E-state index >= 15 is 0 Å². The van der Waals surface area contributed by atoms with E-state index in [1.807, 2.05) is 12.1 Å². The van der Waals surface area contributed by atoms with Crippen molar-refractivity contribution in [2.24, 2.45) is 0 Å². The molecule has 0 spiro atoms. The molecular formula is C12H16O. The molecule has 0 saturated heterocycles. The van der Waals surface area contributed by atoms with Gasteiger partial charge in [-0.1, -0.05) is 17.7 Å². The Morgan fingerprint density at radius 3 is 2.85 bits per heavy atom. The first-order chi connectivity index (χ1) is 6.22. The summed E-state index contributed by atoms with van der Waals surface area (Å²) in [6.07, 6.45) is 2.10. The van der Waals surface area contributed by atoms with Crippen LogP contribution in [-0.2, 0) is 6.42 Å². The van der Waals surface area contributed by atoms with E-state index in [1.54, 1.807) is 7.11 Å². The molecule has 1 aromatic carbocycles. The number of allylic oxidation sites excluding steroid dienone is 1. The van der Waals surface area contributed by atoms with Crippen molar-refractivity contribution >= 4 is 0 Å². The van der Waals surface area contributed by atoms with Gasteiger partial charge in [-0.2, -0.15) is 0 Å². The van der Waals surface area contributed by atoms with E-state index in [0.29, 0.717) is 0 Å². The van der Waals surface area contributed by atoms with Gasteiger partial charge in [-0.05, 0) is 37.5 Å². The van der Waals surface area contributed by atoms with Gasteiger partial charge in [0.05, 0.1) is 7.11 Å². The zero-order valence-electron chi connectivity index (χ0n) is 8.34. The molecule has 1 nitrogen and oxygen atoms in total. The predicted octanol–water partition coefficient (Wildman–Crippen LogP) is 3.20. The summed E-state index contributed by atoms with van der Waals surface area (Å²) in [5.74, 6) is 0.930. The van der Waals surface area contributed by atoms with Crippen LogP contribution in [0.2, 0.25) is 0 Å². The van der Waals surface area contributed by atoms with Gasteiger partial charge in [-0.25, -0.2) is 0 Å². The second kappa shape index (κ2) is 4.70. The summed E-state index contributed by atoms with van der Waals surface area (Å²) < 4.78 is 5.14. The van der Waals surface area contributed by atoms with E-state index < -0.39 is 0 Å². The van der Waals surface area contributed by atoms with Crippen LogP contribution in [0.5, 0.6) is 5.75 Å². The molecular weight excluding hydrogens is 160 g/mol. The number of hydrogen-bond acceptors (Lipinski definition) is 1. The summed E-state index contributed by atoms with van der Waals surface area (Å²) in [6.45, 7) is 5.94. The van der Waals surface area contributed by atoms with E-state index in [0.717, 1.165) is 18.6 Å². The second-order valence-corrected chi connectivity index (χ2v) is 3.31. The second-order valence-electron chi connectivity index (χ2n) is 3.31. The van der Waals surface area contributed by atoms with Crippen molar-refractivity contribution < 1.29 is 4.74 Å². The number of rotatable bonds is 4. The zero-order chi connectivity index (χ0) is 9.68. The normalized spacial score (nSPS) is 9.69. The average Bonchev–Trinajstić information content (AvgIpc) is 2.15. The number of benzene rings is 1. The van der Waals surface area contributed by atoms with Gasteiger partial charge < -0.3 is 4.74 Å². The van der Waals surface area contributed by atoms with Gasteiger partial charge in [0.2, 0.25) is 0 Å². The van der Waals surface area contributed by atoms with Gasteiger partial charge in [-0.3, -0.25) is 0 Å². The van der Waals surface area contributed by atoms with Crippen LogP contribution in [0.25, 0.3) is 0 Å². The molecule has 0 N–H and O–H groups in total. The summed E-state index contributed by atoms with van der Waals surface area (Å²) in [5.41, 5.74) is 2.53. The smallest absolute Gasteiger partial charge is 0.119 e. The maximum absolute atomic E-state index is 5.14. The lowest BCUT2D eigenvalue weighted by Crippen LogP contribution is -1.88. The molecule has 1 rings (SSSR count). The van der Waals surface area contributed by atoms with Gasteiger partial charge in [0.25, 0.3) is 0 Å². The summed E-state index contributed by atoms with van der Waals surface area (Å²) >= 11 is 0. The molecule has 0 bridgehead atoms. The van der Waals surface area contributed by atoms with Crippen LogP contribution in [0, 0.1) is 0 Å². The minimum Gasteiger partial charge on any atom is -0.497 e. The highest BCUT2D eigenvalue weighted by Gasteiger charge is 1.95. The molecule has 0 atom stereocenters. The largest absolute Gasteiger partial charge is 0.497 e. The van der Waals surface area contributed by atoms with Crippen LogP contribution in [0.15, 0.2) is 36.4 Å². The van der Waals surface area contributed by atoms with Crippen molar-refractivity contribution in [3.8, 4) is 5.75 Å². The maximum atomic E-state index is 5.14. The van der Waals surface area contributed by atoms with Crippen LogP contribution in [0.3, 0.4) is 0 Å². The van der Waals surface area contributed by atoms with Gasteiger partial charge in [-0.15, -0.1) is 6.58 Å². The Labute approximate surface area is 80.0 Å². The summed E-state index contributed by atoms with van der Waals surface area (Å²) in [7, 11) is 1.69. The lowest BCUT2D eigenvalue weighted by molar-refractivity contribution is 0.414. The first-order valence-corrected chi connectivity index (χ1v) is 4.49. The standard InChI is InChI=1S/C12H16O/c1-10(2)7-8-11-5-4-6-12(9-11)13-3/h4-6,9H,1,7-8H2,2-3H3. The molecule has 0 unspecified atom stereocenters. The van der Waals surface area contributed by atoms with Gasteiger partial charge in [0, 0.05) is 0 Å². The number of hydrogen-bond donors (Lipinski definition) is 0. The fraction of sp³-hybridized carbons (Fsp3) is 0.333. The molecule has 0 radical (unpaired) electrons. The van der Waals surface area contributed by atoms with Crippen molar-refractivity contribution in [1.29, 1.82) is 0 Å².